The number of amides is 2. The first kappa shape index (κ1) is 16.2. The van der Waals surface area contributed by atoms with Gasteiger partial charge in [0.2, 0.25) is 0 Å². The first-order valence-corrected chi connectivity index (χ1v) is 7.28. The highest BCUT2D eigenvalue weighted by atomic mass is 16.6. The van der Waals surface area contributed by atoms with Crippen LogP contribution in [-0.4, -0.2) is 21.8 Å². The molecular formula is C17H13N3O5. The van der Waals surface area contributed by atoms with Crippen LogP contribution in [-0.2, 0) is 9.59 Å². The minimum atomic E-state index is -0.744. The number of carbonyl (C=O) groups excluding carboxylic acids is 2. The molecule has 0 bridgehead atoms. The van der Waals surface area contributed by atoms with Crippen molar-refractivity contribution in [2.45, 2.75) is 6.92 Å². The summed E-state index contributed by atoms with van der Waals surface area (Å²) in [6.45, 7) is 1.90. The van der Waals surface area contributed by atoms with Gasteiger partial charge in [-0.15, -0.1) is 0 Å². The van der Waals surface area contributed by atoms with Crippen LogP contribution in [0, 0.1) is 17.0 Å². The van der Waals surface area contributed by atoms with Gasteiger partial charge in [-0.05, 0) is 36.8 Å². The van der Waals surface area contributed by atoms with Crippen LogP contribution in [0.1, 0.15) is 11.1 Å². The number of anilines is 1. The summed E-state index contributed by atoms with van der Waals surface area (Å²) in [4.78, 5) is 34.7. The van der Waals surface area contributed by atoms with Gasteiger partial charge in [0.05, 0.1) is 10.6 Å². The number of hydrazine groups is 1. The Balaban J connectivity index is 1.95. The third-order valence-corrected chi connectivity index (χ3v) is 3.69. The number of nitrogens with one attached hydrogen (secondary N) is 1. The number of rotatable bonds is 3. The SMILES string of the molecule is Cc1ccc(N2NC(=O)/C(=C/c3ccc(O)c([N+](=O)[O-])c3)C2=O)cc1. The number of benzene rings is 2. The molecule has 0 unspecified atom stereocenters. The molecule has 25 heavy (non-hydrogen) atoms. The molecule has 3 rings (SSSR count). The van der Waals surface area contributed by atoms with Crippen molar-refractivity contribution in [1.82, 2.24) is 5.43 Å². The van der Waals surface area contributed by atoms with E-state index in [9.17, 15) is 24.8 Å². The summed E-state index contributed by atoms with van der Waals surface area (Å²) in [7, 11) is 0. The standard InChI is InChI=1S/C17H13N3O5/c1-10-2-5-12(6-3-10)19-17(23)13(16(22)18-19)8-11-4-7-15(21)14(9-11)20(24)25/h2-9,21H,1H3,(H,18,22)/b13-8-. The largest absolute Gasteiger partial charge is 0.502 e. The molecule has 2 amide bonds. The summed E-state index contributed by atoms with van der Waals surface area (Å²) in [6.07, 6.45) is 1.25. The Hall–Kier alpha value is -3.68. The number of nitro groups is 1. The molecule has 2 N–H and O–H groups in total. The molecular weight excluding hydrogens is 326 g/mol. The van der Waals surface area contributed by atoms with Crippen molar-refractivity contribution >= 4 is 29.3 Å². The zero-order valence-electron chi connectivity index (χ0n) is 13.1. The second kappa shape index (κ2) is 6.08. The van der Waals surface area contributed by atoms with E-state index in [4.69, 9.17) is 0 Å². The molecule has 0 saturated carbocycles. The number of phenolic OH excluding ortho intramolecular Hbond substituents is 1. The Morgan fingerprint density at radius 1 is 1.16 bits per heavy atom. The summed E-state index contributed by atoms with van der Waals surface area (Å²) >= 11 is 0. The zero-order valence-corrected chi connectivity index (χ0v) is 13.1. The van der Waals surface area contributed by atoms with Gasteiger partial charge in [0.25, 0.3) is 11.8 Å². The van der Waals surface area contributed by atoms with Gasteiger partial charge < -0.3 is 5.11 Å². The second-order valence-electron chi connectivity index (χ2n) is 5.48. The first-order valence-electron chi connectivity index (χ1n) is 7.28. The lowest BCUT2D eigenvalue weighted by atomic mass is 10.1. The molecule has 8 nitrogen and oxygen atoms in total. The lowest BCUT2D eigenvalue weighted by Crippen LogP contribution is -2.35. The molecule has 1 saturated heterocycles. The lowest BCUT2D eigenvalue weighted by molar-refractivity contribution is -0.385. The summed E-state index contributed by atoms with van der Waals surface area (Å²) in [6, 6.07) is 10.6. The van der Waals surface area contributed by atoms with E-state index in [0.29, 0.717) is 5.69 Å². The maximum absolute atomic E-state index is 12.5. The average Bonchev–Trinajstić information content (AvgIpc) is 2.85. The third-order valence-electron chi connectivity index (χ3n) is 3.69. The van der Waals surface area contributed by atoms with Gasteiger partial charge in [0.15, 0.2) is 5.75 Å². The first-order chi connectivity index (χ1) is 11.9. The van der Waals surface area contributed by atoms with E-state index < -0.39 is 28.2 Å². The number of nitro benzene ring substituents is 1. The Morgan fingerprint density at radius 2 is 1.84 bits per heavy atom. The van der Waals surface area contributed by atoms with E-state index in [1.807, 2.05) is 6.92 Å². The molecule has 0 radical (unpaired) electrons. The zero-order chi connectivity index (χ0) is 18.1. The van der Waals surface area contributed by atoms with Crippen molar-refractivity contribution in [2.75, 3.05) is 5.01 Å². The van der Waals surface area contributed by atoms with E-state index in [-0.39, 0.29) is 11.1 Å². The van der Waals surface area contributed by atoms with E-state index in [0.717, 1.165) is 22.7 Å². The molecule has 1 aliphatic rings. The van der Waals surface area contributed by atoms with Gasteiger partial charge in [-0.25, -0.2) is 5.01 Å². The number of carbonyl (C=O) groups is 2. The number of nitrogens with zero attached hydrogens (tertiary/aromatic N) is 2. The highest BCUT2D eigenvalue weighted by Crippen LogP contribution is 2.28. The quantitative estimate of drug-likeness (QED) is 0.385. The number of phenols is 1. The monoisotopic (exact) mass is 339 g/mol. The number of aromatic hydroxyl groups is 1. The number of aryl methyl sites for hydroxylation is 1. The van der Waals surface area contributed by atoms with Gasteiger partial charge in [0, 0.05) is 6.07 Å². The number of hydrogen-bond acceptors (Lipinski definition) is 5. The predicted octanol–water partition coefficient (Wildman–Crippen LogP) is 2.07. The Bertz CT molecular complexity index is 918. The van der Waals surface area contributed by atoms with E-state index in [2.05, 4.69) is 5.43 Å². The van der Waals surface area contributed by atoms with Gasteiger partial charge in [-0.3, -0.25) is 25.1 Å². The summed E-state index contributed by atoms with van der Waals surface area (Å²) < 4.78 is 0. The van der Waals surface area contributed by atoms with Crippen molar-refractivity contribution in [3.63, 3.8) is 0 Å². The molecule has 0 aliphatic carbocycles. The fourth-order valence-electron chi connectivity index (χ4n) is 2.38. The van der Waals surface area contributed by atoms with Crippen LogP contribution < -0.4 is 10.4 Å². The van der Waals surface area contributed by atoms with Crippen LogP contribution in [0.2, 0.25) is 0 Å². The summed E-state index contributed by atoms with van der Waals surface area (Å²) in [5.74, 6) is -1.67. The van der Waals surface area contributed by atoms with Crippen molar-refractivity contribution in [1.29, 1.82) is 0 Å². The predicted molar refractivity (Wildman–Crippen MR) is 89.5 cm³/mol. The molecule has 2 aromatic carbocycles. The Morgan fingerprint density at radius 3 is 2.48 bits per heavy atom. The molecule has 1 heterocycles. The van der Waals surface area contributed by atoms with Gasteiger partial charge >= 0.3 is 5.69 Å². The fraction of sp³-hybridized carbons (Fsp3) is 0.0588. The van der Waals surface area contributed by atoms with Crippen LogP contribution in [0.5, 0.6) is 5.75 Å². The molecule has 2 aromatic rings. The van der Waals surface area contributed by atoms with Crippen LogP contribution in [0.15, 0.2) is 48.0 Å². The maximum atomic E-state index is 12.5. The maximum Gasteiger partial charge on any atom is 0.311 e. The van der Waals surface area contributed by atoms with Crippen LogP contribution in [0.25, 0.3) is 6.08 Å². The fourth-order valence-corrected chi connectivity index (χ4v) is 2.38. The van der Waals surface area contributed by atoms with E-state index in [1.165, 1.54) is 12.1 Å². The molecule has 1 fully saturated rings. The molecule has 1 aliphatic heterocycles. The Kier molecular flexibility index (Phi) is 3.94. The molecule has 126 valence electrons. The summed E-state index contributed by atoms with van der Waals surface area (Å²) in [5, 5.41) is 21.5. The second-order valence-corrected chi connectivity index (χ2v) is 5.48. The van der Waals surface area contributed by atoms with Crippen molar-refractivity contribution in [2.24, 2.45) is 0 Å². The van der Waals surface area contributed by atoms with Gasteiger partial charge in [0.1, 0.15) is 5.57 Å². The van der Waals surface area contributed by atoms with E-state index in [1.54, 1.807) is 24.3 Å². The van der Waals surface area contributed by atoms with Crippen molar-refractivity contribution in [3.05, 3.63) is 69.3 Å². The summed E-state index contributed by atoms with van der Waals surface area (Å²) in [5.41, 5.74) is 3.57. The van der Waals surface area contributed by atoms with Crippen molar-refractivity contribution in [3.8, 4) is 5.75 Å². The van der Waals surface area contributed by atoms with Gasteiger partial charge in [-0.1, -0.05) is 23.8 Å². The number of hydrogen-bond donors (Lipinski definition) is 2. The minimum Gasteiger partial charge on any atom is -0.502 e. The molecule has 0 atom stereocenters. The molecule has 0 aromatic heterocycles. The van der Waals surface area contributed by atoms with Gasteiger partial charge in [-0.2, -0.15) is 0 Å². The van der Waals surface area contributed by atoms with Crippen LogP contribution in [0.3, 0.4) is 0 Å². The highest BCUT2D eigenvalue weighted by Gasteiger charge is 2.34. The molecule has 8 heteroatoms. The Labute approximate surface area is 142 Å². The van der Waals surface area contributed by atoms with E-state index >= 15 is 0 Å². The normalized spacial score (nSPS) is 15.6. The lowest BCUT2D eigenvalue weighted by Gasteiger charge is -2.14. The third kappa shape index (κ3) is 3.05. The topological polar surface area (TPSA) is 113 Å². The molecule has 0 spiro atoms. The smallest absolute Gasteiger partial charge is 0.311 e. The van der Waals surface area contributed by atoms with Crippen molar-refractivity contribution < 1.29 is 19.6 Å². The van der Waals surface area contributed by atoms with Crippen LogP contribution in [0.4, 0.5) is 11.4 Å². The van der Waals surface area contributed by atoms with Crippen LogP contribution >= 0.6 is 0 Å². The average molecular weight is 339 g/mol. The minimum absolute atomic E-state index is 0.152. The highest BCUT2D eigenvalue weighted by molar-refractivity contribution is 6.31.